The number of aromatic nitrogens is 3. The third-order valence-electron chi connectivity index (χ3n) is 6.25. The molecule has 5 heteroatoms. The van der Waals surface area contributed by atoms with Crippen LogP contribution in [0.1, 0.15) is 156 Å². The fourth-order valence-electron chi connectivity index (χ4n) is 4.08. The molecule has 0 saturated heterocycles. The minimum Gasteiger partial charge on any atom is -0.262 e. The van der Waals surface area contributed by atoms with Gasteiger partial charge in [-0.3, -0.25) is 5.10 Å². The highest BCUT2D eigenvalue weighted by molar-refractivity contribution is 8.77. The summed E-state index contributed by atoms with van der Waals surface area (Å²) in [4.78, 5) is 4.69. The summed E-state index contributed by atoms with van der Waals surface area (Å²) in [5.41, 5.74) is 0. The molecule has 1 aromatic rings. The Morgan fingerprint density at radius 3 is 1.66 bits per heavy atom. The molecule has 0 bridgehead atoms. The van der Waals surface area contributed by atoms with E-state index < -0.39 is 0 Å². The van der Waals surface area contributed by atoms with Gasteiger partial charge in [-0.1, -0.05) is 134 Å². The van der Waals surface area contributed by atoms with Gasteiger partial charge in [0, 0.05) is 11.2 Å². The Bertz CT molecular complexity index is 531. The predicted molar refractivity (Wildman–Crippen MR) is 147 cm³/mol. The first-order valence-corrected chi connectivity index (χ1v) is 16.0. The average Bonchev–Trinajstić information content (AvgIpc) is 3.23. The van der Waals surface area contributed by atoms with Crippen LogP contribution in [0.15, 0.2) is 5.16 Å². The summed E-state index contributed by atoms with van der Waals surface area (Å²) in [5.74, 6) is 1.06. The average molecular weight is 484 g/mol. The highest BCUT2D eigenvalue weighted by Crippen LogP contribution is 2.42. The Kier molecular flexibility index (Phi) is 18.9. The minimum atomic E-state index is 0.287. The number of hydrogen-bond donors (Lipinski definition) is 1. The molecule has 0 aliphatic carbocycles. The van der Waals surface area contributed by atoms with Gasteiger partial charge in [0.05, 0.1) is 0 Å². The normalized spacial score (nSPS) is 12.0. The highest BCUT2D eigenvalue weighted by atomic mass is 33.1. The Hall–Kier alpha value is -0.160. The second-order valence-corrected chi connectivity index (χ2v) is 13.0. The van der Waals surface area contributed by atoms with Crippen LogP contribution in [0.25, 0.3) is 0 Å². The Balaban J connectivity index is 1.93. The van der Waals surface area contributed by atoms with Crippen LogP contribution in [0.5, 0.6) is 0 Å². The number of aromatic amines is 1. The predicted octanol–water partition coefficient (Wildman–Crippen LogP) is 10.3. The molecular formula is C27H53N3S2. The monoisotopic (exact) mass is 483 g/mol. The highest BCUT2D eigenvalue weighted by Gasteiger charge is 2.20. The van der Waals surface area contributed by atoms with Crippen molar-refractivity contribution < 1.29 is 0 Å². The SMILES string of the molecule is CCCCCCCCCCCCCCCCCc1nc(SSC(C)(C)CCCCC)n[nH]1. The zero-order chi connectivity index (χ0) is 23.3. The number of hydrogen-bond acceptors (Lipinski definition) is 4. The lowest BCUT2D eigenvalue weighted by molar-refractivity contribution is 0.531. The fourth-order valence-corrected chi connectivity index (χ4v) is 6.22. The maximum absolute atomic E-state index is 4.69. The van der Waals surface area contributed by atoms with Crippen LogP contribution in [0.2, 0.25) is 0 Å². The molecule has 0 unspecified atom stereocenters. The van der Waals surface area contributed by atoms with Crippen molar-refractivity contribution >= 4 is 21.6 Å². The van der Waals surface area contributed by atoms with E-state index >= 15 is 0 Å². The summed E-state index contributed by atoms with van der Waals surface area (Å²) in [6.07, 6.45) is 27.4. The van der Waals surface area contributed by atoms with E-state index in [1.165, 1.54) is 122 Å². The molecule has 3 nitrogen and oxygen atoms in total. The van der Waals surface area contributed by atoms with Gasteiger partial charge in [0.1, 0.15) is 5.82 Å². The van der Waals surface area contributed by atoms with E-state index in [-0.39, 0.29) is 4.75 Å². The van der Waals surface area contributed by atoms with E-state index in [1.54, 1.807) is 10.8 Å². The van der Waals surface area contributed by atoms with E-state index in [4.69, 9.17) is 0 Å². The van der Waals surface area contributed by atoms with Gasteiger partial charge in [-0.25, -0.2) is 4.98 Å². The van der Waals surface area contributed by atoms with E-state index in [0.717, 1.165) is 17.4 Å². The summed E-state index contributed by atoms with van der Waals surface area (Å²) < 4.78 is 0.287. The first-order chi connectivity index (χ1) is 15.6. The smallest absolute Gasteiger partial charge is 0.219 e. The molecule has 0 aliphatic heterocycles. The quantitative estimate of drug-likeness (QED) is 0.124. The van der Waals surface area contributed by atoms with Crippen molar-refractivity contribution in [3.05, 3.63) is 5.82 Å². The van der Waals surface area contributed by atoms with Gasteiger partial charge in [-0.05, 0) is 37.5 Å². The third-order valence-corrected chi connectivity index (χ3v) is 9.37. The molecule has 1 rings (SSSR count). The van der Waals surface area contributed by atoms with Crippen LogP contribution in [0, 0.1) is 0 Å². The Labute approximate surface area is 208 Å². The molecule has 0 saturated carbocycles. The Morgan fingerprint density at radius 1 is 0.656 bits per heavy atom. The van der Waals surface area contributed by atoms with E-state index in [0.29, 0.717) is 0 Å². The lowest BCUT2D eigenvalue weighted by atomic mass is 10.0. The summed E-state index contributed by atoms with van der Waals surface area (Å²) >= 11 is 0. The maximum Gasteiger partial charge on any atom is 0.219 e. The van der Waals surface area contributed by atoms with Crippen LogP contribution >= 0.6 is 21.6 Å². The standard InChI is InChI=1S/C27H53N3S2/c1-5-7-9-10-11-12-13-14-15-16-17-18-19-20-21-23-25-28-26(30-29-25)31-32-27(3,4)24-22-8-6-2/h5-24H2,1-4H3,(H,28,29,30). The lowest BCUT2D eigenvalue weighted by Gasteiger charge is -2.22. The van der Waals surface area contributed by atoms with Crippen LogP contribution in [0.4, 0.5) is 0 Å². The number of rotatable bonds is 23. The number of aryl methyl sites for hydroxylation is 1. The van der Waals surface area contributed by atoms with E-state index in [2.05, 4.69) is 42.9 Å². The first-order valence-electron chi connectivity index (χ1n) is 13.8. The number of nitrogens with zero attached hydrogens (tertiary/aromatic N) is 2. The second-order valence-electron chi connectivity index (χ2n) is 10.1. The summed E-state index contributed by atoms with van der Waals surface area (Å²) in [7, 11) is 3.65. The van der Waals surface area contributed by atoms with Crippen molar-refractivity contribution in [1.29, 1.82) is 0 Å². The molecule has 1 heterocycles. The van der Waals surface area contributed by atoms with Gasteiger partial charge >= 0.3 is 0 Å². The van der Waals surface area contributed by atoms with Crippen molar-refractivity contribution in [2.45, 2.75) is 166 Å². The van der Waals surface area contributed by atoms with Crippen molar-refractivity contribution in [3.63, 3.8) is 0 Å². The Morgan fingerprint density at radius 2 is 1.12 bits per heavy atom. The van der Waals surface area contributed by atoms with Crippen LogP contribution in [-0.4, -0.2) is 19.9 Å². The lowest BCUT2D eigenvalue weighted by Crippen LogP contribution is -2.12. The molecule has 188 valence electrons. The van der Waals surface area contributed by atoms with Crippen molar-refractivity contribution in [2.24, 2.45) is 0 Å². The van der Waals surface area contributed by atoms with Crippen LogP contribution in [-0.2, 0) is 6.42 Å². The molecule has 0 aliphatic rings. The molecule has 0 aromatic carbocycles. The van der Waals surface area contributed by atoms with Gasteiger partial charge in [-0.15, -0.1) is 5.10 Å². The molecule has 0 radical (unpaired) electrons. The van der Waals surface area contributed by atoms with Crippen molar-refractivity contribution in [1.82, 2.24) is 15.2 Å². The van der Waals surface area contributed by atoms with E-state index in [9.17, 15) is 0 Å². The van der Waals surface area contributed by atoms with Gasteiger partial charge in [0.15, 0.2) is 0 Å². The second kappa shape index (κ2) is 20.2. The molecule has 0 spiro atoms. The zero-order valence-corrected chi connectivity index (χ0v) is 23.5. The number of nitrogens with one attached hydrogen (secondary N) is 1. The van der Waals surface area contributed by atoms with Gasteiger partial charge in [-0.2, -0.15) is 0 Å². The minimum absolute atomic E-state index is 0.287. The fraction of sp³-hybridized carbons (Fsp3) is 0.926. The molecule has 1 aromatic heterocycles. The summed E-state index contributed by atoms with van der Waals surface area (Å²) in [6.45, 7) is 9.23. The molecule has 0 atom stereocenters. The van der Waals surface area contributed by atoms with Crippen molar-refractivity contribution in [3.8, 4) is 0 Å². The van der Waals surface area contributed by atoms with Gasteiger partial charge in [0.2, 0.25) is 5.16 Å². The van der Waals surface area contributed by atoms with Gasteiger partial charge in [0.25, 0.3) is 0 Å². The number of unbranched alkanes of at least 4 members (excludes halogenated alkanes) is 16. The number of H-pyrrole nitrogens is 1. The topological polar surface area (TPSA) is 41.6 Å². The molecule has 0 amide bonds. The van der Waals surface area contributed by atoms with Gasteiger partial charge < -0.3 is 0 Å². The van der Waals surface area contributed by atoms with Crippen molar-refractivity contribution in [2.75, 3.05) is 0 Å². The van der Waals surface area contributed by atoms with E-state index in [1.807, 2.05) is 10.8 Å². The first kappa shape index (κ1) is 29.9. The van der Waals surface area contributed by atoms with Crippen LogP contribution in [0.3, 0.4) is 0 Å². The summed E-state index contributed by atoms with van der Waals surface area (Å²) in [5, 5.41) is 8.46. The van der Waals surface area contributed by atoms with Crippen LogP contribution < -0.4 is 0 Å². The zero-order valence-electron chi connectivity index (χ0n) is 21.9. The molecular weight excluding hydrogens is 430 g/mol. The third kappa shape index (κ3) is 17.3. The molecule has 1 N–H and O–H groups in total. The summed E-state index contributed by atoms with van der Waals surface area (Å²) in [6, 6.07) is 0. The molecule has 32 heavy (non-hydrogen) atoms. The largest absolute Gasteiger partial charge is 0.262 e. The molecule has 0 fully saturated rings. The maximum atomic E-state index is 4.69.